The van der Waals surface area contributed by atoms with Gasteiger partial charge in [-0.05, 0) is 50.6 Å². The zero-order valence-electron chi connectivity index (χ0n) is 15.9. The second-order valence-corrected chi connectivity index (χ2v) is 6.66. The first-order valence-electron chi connectivity index (χ1n) is 9.25. The van der Waals surface area contributed by atoms with Gasteiger partial charge >= 0.3 is 0 Å². The number of carbonyl (C=O) groups excluding carboxylic acids is 1. The molecular formula is C22H26N4O. The maximum atomic E-state index is 13.3. The first kappa shape index (κ1) is 18.9. The standard InChI is InChI=1S/C22H26N4O/c1-17-15-20(18(2)26(17)21-11-6-7-13-24-21)22(27)25(14-8-12-23)16-19-9-4-3-5-10-19/h3-7,9-11,13,15H,8,12,14,16,23H2,1-2H3. The summed E-state index contributed by atoms with van der Waals surface area (Å²) in [6.45, 7) is 5.74. The Hall–Kier alpha value is -2.92. The first-order valence-corrected chi connectivity index (χ1v) is 9.25. The van der Waals surface area contributed by atoms with E-state index in [1.807, 2.05) is 77.9 Å². The number of pyridine rings is 1. The molecule has 2 aromatic heterocycles. The Balaban J connectivity index is 1.92. The maximum absolute atomic E-state index is 13.3. The van der Waals surface area contributed by atoms with Crippen LogP contribution in [-0.2, 0) is 6.54 Å². The second-order valence-electron chi connectivity index (χ2n) is 6.66. The van der Waals surface area contributed by atoms with E-state index in [-0.39, 0.29) is 5.91 Å². The number of hydrogen-bond acceptors (Lipinski definition) is 3. The highest BCUT2D eigenvalue weighted by atomic mass is 16.2. The Labute approximate surface area is 160 Å². The van der Waals surface area contributed by atoms with E-state index in [4.69, 9.17) is 5.73 Å². The van der Waals surface area contributed by atoms with E-state index < -0.39 is 0 Å². The van der Waals surface area contributed by atoms with Gasteiger partial charge < -0.3 is 15.2 Å². The van der Waals surface area contributed by atoms with Gasteiger partial charge in [0, 0.05) is 30.7 Å². The van der Waals surface area contributed by atoms with Crippen molar-refractivity contribution in [2.24, 2.45) is 5.73 Å². The topological polar surface area (TPSA) is 64.2 Å². The molecule has 3 aromatic rings. The van der Waals surface area contributed by atoms with Gasteiger partial charge in [0.05, 0.1) is 5.56 Å². The summed E-state index contributed by atoms with van der Waals surface area (Å²) in [6, 6.07) is 17.8. The van der Waals surface area contributed by atoms with Crippen LogP contribution in [0.25, 0.3) is 5.82 Å². The molecule has 0 saturated carbocycles. The molecule has 0 bridgehead atoms. The minimum absolute atomic E-state index is 0.0302. The molecule has 5 nitrogen and oxygen atoms in total. The number of hydrogen-bond donors (Lipinski definition) is 1. The molecule has 0 saturated heterocycles. The first-order chi connectivity index (χ1) is 13.1. The lowest BCUT2D eigenvalue weighted by molar-refractivity contribution is 0.0741. The molecule has 1 amide bonds. The highest BCUT2D eigenvalue weighted by molar-refractivity contribution is 5.96. The Morgan fingerprint density at radius 1 is 1.11 bits per heavy atom. The molecule has 0 unspecified atom stereocenters. The number of carbonyl (C=O) groups is 1. The van der Waals surface area contributed by atoms with Crippen molar-refractivity contribution in [3.63, 3.8) is 0 Å². The van der Waals surface area contributed by atoms with E-state index in [1.54, 1.807) is 6.20 Å². The predicted molar refractivity (Wildman–Crippen MR) is 108 cm³/mol. The molecule has 0 spiro atoms. The molecule has 3 rings (SSSR count). The second kappa shape index (κ2) is 8.64. The van der Waals surface area contributed by atoms with Crippen molar-refractivity contribution in [1.82, 2.24) is 14.5 Å². The highest BCUT2D eigenvalue weighted by Gasteiger charge is 2.22. The molecule has 0 atom stereocenters. The number of aryl methyl sites for hydroxylation is 1. The van der Waals surface area contributed by atoms with E-state index in [0.717, 1.165) is 29.2 Å². The van der Waals surface area contributed by atoms with Crippen molar-refractivity contribution in [1.29, 1.82) is 0 Å². The predicted octanol–water partition coefficient (Wildman–Crippen LogP) is 3.48. The Morgan fingerprint density at radius 3 is 2.52 bits per heavy atom. The van der Waals surface area contributed by atoms with Crippen LogP contribution in [0.1, 0.15) is 33.7 Å². The van der Waals surface area contributed by atoms with Gasteiger partial charge in [-0.1, -0.05) is 36.4 Å². The van der Waals surface area contributed by atoms with Crippen LogP contribution in [0.15, 0.2) is 60.8 Å². The summed E-state index contributed by atoms with van der Waals surface area (Å²) in [4.78, 5) is 19.6. The number of benzene rings is 1. The van der Waals surface area contributed by atoms with Crippen LogP contribution >= 0.6 is 0 Å². The van der Waals surface area contributed by atoms with Crippen molar-refractivity contribution in [3.8, 4) is 5.82 Å². The van der Waals surface area contributed by atoms with Gasteiger partial charge in [0.2, 0.25) is 0 Å². The Morgan fingerprint density at radius 2 is 1.85 bits per heavy atom. The van der Waals surface area contributed by atoms with E-state index in [2.05, 4.69) is 4.98 Å². The summed E-state index contributed by atoms with van der Waals surface area (Å²) in [6.07, 6.45) is 2.54. The molecule has 0 aliphatic rings. The van der Waals surface area contributed by atoms with Crippen molar-refractivity contribution in [2.45, 2.75) is 26.8 Å². The summed E-state index contributed by atoms with van der Waals surface area (Å²) in [5.41, 5.74) is 9.42. The van der Waals surface area contributed by atoms with Gasteiger partial charge in [0.15, 0.2) is 0 Å². The van der Waals surface area contributed by atoms with E-state index in [9.17, 15) is 4.79 Å². The molecule has 0 radical (unpaired) electrons. The third-order valence-electron chi connectivity index (χ3n) is 4.68. The van der Waals surface area contributed by atoms with Crippen LogP contribution in [0.4, 0.5) is 0 Å². The van der Waals surface area contributed by atoms with Gasteiger partial charge in [0.25, 0.3) is 5.91 Å². The molecular weight excluding hydrogens is 336 g/mol. The fraction of sp³-hybridized carbons (Fsp3) is 0.273. The van der Waals surface area contributed by atoms with Crippen LogP contribution in [0.5, 0.6) is 0 Å². The van der Waals surface area contributed by atoms with E-state index in [0.29, 0.717) is 25.2 Å². The lowest BCUT2D eigenvalue weighted by Crippen LogP contribution is -2.32. The third-order valence-corrected chi connectivity index (χ3v) is 4.68. The molecule has 140 valence electrons. The van der Waals surface area contributed by atoms with Gasteiger partial charge in [-0.3, -0.25) is 4.79 Å². The van der Waals surface area contributed by atoms with Gasteiger partial charge in [-0.2, -0.15) is 0 Å². The van der Waals surface area contributed by atoms with Gasteiger partial charge in [0.1, 0.15) is 5.82 Å². The summed E-state index contributed by atoms with van der Waals surface area (Å²) in [5.74, 6) is 0.853. The quantitative estimate of drug-likeness (QED) is 0.700. The summed E-state index contributed by atoms with van der Waals surface area (Å²) < 4.78 is 2.02. The zero-order chi connectivity index (χ0) is 19.2. The number of aromatic nitrogens is 2. The Bertz CT molecular complexity index is 887. The van der Waals surface area contributed by atoms with Crippen molar-refractivity contribution >= 4 is 5.91 Å². The zero-order valence-corrected chi connectivity index (χ0v) is 15.9. The Kier molecular flexibility index (Phi) is 6.04. The number of nitrogens with two attached hydrogens (primary N) is 1. The number of rotatable bonds is 7. The molecule has 1 aromatic carbocycles. The molecule has 0 aliphatic heterocycles. The number of nitrogens with zero attached hydrogens (tertiary/aromatic N) is 3. The van der Waals surface area contributed by atoms with Crippen molar-refractivity contribution < 1.29 is 4.79 Å². The van der Waals surface area contributed by atoms with Gasteiger partial charge in [-0.15, -0.1) is 0 Å². The minimum atomic E-state index is 0.0302. The van der Waals surface area contributed by atoms with E-state index in [1.165, 1.54) is 0 Å². The van der Waals surface area contributed by atoms with Crippen LogP contribution < -0.4 is 5.73 Å². The molecule has 27 heavy (non-hydrogen) atoms. The van der Waals surface area contributed by atoms with E-state index >= 15 is 0 Å². The SMILES string of the molecule is Cc1cc(C(=O)N(CCCN)Cc2ccccc2)c(C)n1-c1ccccn1. The smallest absolute Gasteiger partial charge is 0.255 e. The minimum Gasteiger partial charge on any atom is -0.334 e. The fourth-order valence-electron chi connectivity index (χ4n) is 3.33. The summed E-state index contributed by atoms with van der Waals surface area (Å²) in [5, 5.41) is 0. The highest BCUT2D eigenvalue weighted by Crippen LogP contribution is 2.22. The molecule has 2 N–H and O–H groups in total. The third kappa shape index (κ3) is 4.26. The average Bonchev–Trinajstić information content (AvgIpc) is 3.00. The summed E-state index contributed by atoms with van der Waals surface area (Å²) >= 11 is 0. The fourth-order valence-corrected chi connectivity index (χ4v) is 3.33. The van der Waals surface area contributed by atoms with Crippen LogP contribution in [0, 0.1) is 13.8 Å². The lowest BCUT2D eigenvalue weighted by atomic mass is 10.1. The molecule has 5 heteroatoms. The summed E-state index contributed by atoms with van der Waals surface area (Å²) in [7, 11) is 0. The monoisotopic (exact) mass is 362 g/mol. The molecule has 0 aliphatic carbocycles. The van der Waals surface area contributed by atoms with Gasteiger partial charge in [-0.25, -0.2) is 4.98 Å². The van der Waals surface area contributed by atoms with Crippen LogP contribution in [0.3, 0.4) is 0 Å². The number of amides is 1. The largest absolute Gasteiger partial charge is 0.334 e. The average molecular weight is 362 g/mol. The normalized spacial score (nSPS) is 10.8. The maximum Gasteiger partial charge on any atom is 0.255 e. The van der Waals surface area contributed by atoms with Crippen LogP contribution in [-0.4, -0.2) is 33.4 Å². The van der Waals surface area contributed by atoms with Crippen molar-refractivity contribution in [2.75, 3.05) is 13.1 Å². The lowest BCUT2D eigenvalue weighted by Gasteiger charge is -2.23. The molecule has 2 heterocycles. The molecule has 0 fully saturated rings. The van der Waals surface area contributed by atoms with Crippen molar-refractivity contribution in [3.05, 3.63) is 83.3 Å². The van der Waals surface area contributed by atoms with Crippen LogP contribution in [0.2, 0.25) is 0 Å².